The van der Waals surface area contributed by atoms with Crippen LogP contribution in [0.3, 0.4) is 0 Å². The minimum atomic E-state index is -1.12. The van der Waals surface area contributed by atoms with Crippen LogP contribution in [0.25, 0.3) is 0 Å². The molecule has 0 rings (SSSR count). The van der Waals surface area contributed by atoms with Gasteiger partial charge in [-0.3, -0.25) is 0 Å². The molecule has 0 aliphatic rings. The van der Waals surface area contributed by atoms with E-state index in [9.17, 15) is 9.59 Å². The molecule has 0 radical (unpaired) electrons. The lowest BCUT2D eigenvalue weighted by atomic mass is 10.3. The van der Waals surface area contributed by atoms with Crippen molar-refractivity contribution in [1.82, 2.24) is 0 Å². The number of ether oxygens (including phenoxy) is 1. The van der Waals surface area contributed by atoms with Crippen molar-refractivity contribution in [3.8, 4) is 0 Å². The maximum atomic E-state index is 10.5. The minimum absolute atomic E-state index is 0.540. The third-order valence-corrected chi connectivity index (χ3v) is 0.855. The van der Waals surface area contributed by atoms with Crippen LogP contribution in [0, 0.1) is 0 Å². The summed E-state index contributed by atoms with van der Waals surface area (Å²) in [7, 11) is 1.14. The van der Waals surface area contributed by atoms with E-state index in [1.54, 1.807) is 0 Å². The molecule has 0 aromatic rings. The number of rotatable bonds is 3. The fourth-order valence-corrected chi connectivity index (χ4v) is 0.368. The van der Waals surface area contributed by atoms with Crippen molar-refractivity contribution in [3.63, 3.8) is 0 Å². The number of aliphatic hydroxyl groups is 1. The second-order valence-corrected chi connectivity index (χ2v) is 1.44. The van der Waals surface area contributed by atoms with Crippen molar-refractivity contribution >= 4 is 12.0 Å². The van der Waals surface area contributed by atoms with Gasteiger partial charge in [0.2, 0.25) is 6.08 Å². The molecule has 1 atom stereocenters. The quantitative estimate of drug-likeness (QED) is 0.309. The molecule has 56 valence electrons. The highest BCUT2D eigenvalue weighted by molar-refractivity contribution is 5.76. The summed E-state index contributed by atoms with van der Waals surface area (Å²) >= 11 is 0. The van der Waals surface area contributed by atoms with E-state index in [1.165, 1.54) is 0 Å². The molecule has 5 heteroatoms. The Morgan fingerprint density at radius 1 is 1.90 bits per heavy atom. The van der Waals surface area contributed by atoms with E-state index in [-0.39, 0.29) is 0 Å². The molecule has 0 amide bonds. The molecular weight excluding hydrogens is 138 g/mol. The standard InChI is InChI=1S/C5H7NO4/c1-10-5(9)4(2-7)6-3-8/h4,7H,2H2,1H3/t4-/m0/s1. The first-order valence-corrected chi connectivity index (χ1v) is 2.52. The van der Waals surface area contributed by atoms with Crippen molar-refractivity contribution < 1.29 is 19.4 Å². The van der Waals surface area contributed by atoms with Crippen LogP contribution in [0.15, 0.2) is 4.99 Å². The second kappa shape index (κ2) is 4.67. The topological polar surface area (TPSA) is 76.0 Å². The van der Waals surface area contributed by atoms with E-state index < -0.39 is 18.6 Å². The van der Waals surface area contributed by atoms with Crippen molar-refractivity contribution in [2.45, 2.75) is 6.04 Å². The van der Waals surface area contributed by atoms with Gasteiger partial charge in [-0.05, 0) is 0 Å². The fourth-order valence-electron chi connectivity index (χ4n) is 0.368. The largest absolute Gasteiger partial charge is 0.467 e. The first-order valence-electron chi connectivity index (χ1n) is 2.52. The molecule has 0 aliphatic heterocycles. The second-order valence-electron chi connectivity index (χ2n) is 1.44. The summed E-state index contributed by atoms with van der Waals surface area (Å²) in [4.78, 5) is 23.0. The normalized spacial score (nSPS) is 11.4. The number of hydrogen-bond donors (Lipinski definition) is 1. The summed E-state index contributed by atoms with van der Waals surface area (Å²) in [6.07, 6.45) is 1.15. The number of isocyanates is 1. The lowest BCUT2D eigenvalue weighted by Gasteiger charge is -2.01. The van der Waals surface area contributed by atoms with Crippen molar-refractivity contribution in [2.75, 3.05) is 13.7 Å². The van der Waals surface area contributed by atoms with Gasteiger partial charge in [0.05, 0.1) is 13.7 Å². The summed E-state index contributed by atoms with van der Waals surface area (Å²) in [6, 6.07) is -1.12. The molecule has 0 aromatic carbocycles. The number of aliphatic hydroxyl groups excluding tert-OH is 1. The summed E-state index contributed by atoms with van der Waals surface area (Å²) < 4.78 is 4.18. The average molecular weight is 145 g/mol. The number of esters is 1. The number of hydrogen-bond acceptors (Lipinski definition) is 5. The molecule has 5 nitrogen and oxygen atoms in total. The van der Waals surface area contributed by atoms with Crippen LogP contribution in [-0.4, -0.2) is 36.9 Å². The summed E-state index contributed by atoms with van der Waals surface area (Å²) in [6.45, 7) is -0.540. The van der Waals surface area contributed by atoms with Gasteiger partial charge in [0.25, 0.3) is 0 Å². The smallest absolute Gasteiger partial charge is 0.333 e. The summed E-state index contributed by atoms with van der Waals surface area (Å²) in [5.41, 5.74) is 0. The van der Waals surface area contributed by atoms with Gasteiger partial charge < -0.3 is 9.84 Å². The van der Waals surface area contributed by atoms with Crippen LogP contribution >= 0.6 is 0 Å². The Morgan fingerprint density at radius 2 is 2.50 bits per heavy atom. The van der Waals surface area contributed by atoms with Crippen LogP contribution in [0.2, 0.25) is 0 Å². The number of carbonyl (C=O) groups is 1. The Labute approximate surface area is 57.3 Å². The van der Waals surface area contributed by atoms with Gasteiger partial charge in [0, 0.05) is 0 Å². The van der Waals surface area contributed by atoms with E-state index in [0.29, 0.717) is 0 Å². The fraction of sp³-hybridized carbons (Fsp3) is 0.600. The maximum absolute atomic E-state index is 10.5. The monoisotopic (exact) mass is 145 g/mol. The van der Waals surface area contributed by atoms with Gasteiger partial charge in [-0.25, -0.2) is 9.59 Å². The first-order chi connectivity index (χ1) is 4.76. The molecule has 0 unspecified atom stereocenters. The van der Waals surface area contributed by atoms with Gasteiger partial charge in [0.1, 0.15) is 0 Å². The number of methoxy groups -OCH3 is 1. The third-order valence-electron chi connectivity index (χ3n) is 0.855. The number of aliphatic imine (C=N–C) groups is 1. The molecule has 1 N–H and O–H groups in total. The Bertz CT molecular complexity index is 161. The summed E-state index contributed by atoms with van der Waals surface area (Å²) in [5.74, 6) is -0.745. The van der Waals surface area contributed by atoms with E-state index in [2.05, 4.69) is 9.73 Å². The molecule has 0 spiro atoms. The number of carbonyl (C=O) groups excluding carboxylic acids is 2. The van der Waals surface area contributed by atoms with Gasteiger partial charge in [0.15, 0.2) is 6.04 Å². The van der Waals surface area contributed by atoms with Gasteiger partial charge in [-0.2, -0.15) is 4.99 Å². The molecule has 10 heavy (non-hydrogen) atoms. The predicted octanol–water partition coefficient (Wildman–Crippen LogP) is -1.14. The van der Waals surface area contributed by atoms with Crippen LogP contribution in [-0.2, 0) is 14.3 Å². The molecule has 0 saturated heterocycles. The van der Waals surface area contributed by atoms with E-state index in [1.807, 2.05) is 0 Å². The van der Waals surface area contributed by atoms with E-state index >= 15 is 0 Å². The van der Waals surface area contributed by atoms with Crippen molar-refractivity contribution in [2.24, 2.45) is 4.99 Å². The highest BCUT2D eigenvalue weighted by Gasteiger charge is 2.15. The van der Waals surface area contributed by atoms with Crippen LogP contribution < -0.4 is 0 Å². The van der Waals surface area contributed by atoms with Crippen LogP contribution in [0.4, 0.5) is 0 Å². The van der Waals surface area contributed by atoms with Crippen LogP contribution in [0.1, 0.15) is 0 Å². The number of nitrogens with zero attached hydrogens (tertiary/aromatic N) is 1. The maximum Gasteiger partial charge on any atom is 0.333 e. The van der Waals surface area contributed by atoms with Gasteiger partial charge in [-0.1, -0.05) is 0 Å². The average Bonchev–Trinajstić information content (AvgIpc) is 1.99. The SMILES string of the molecule is COC(=O)[C@H](CO)N=C=O. The Balaban J connectivity index is 4.05. The summed E-state index contributed by atoms with van der Waals surface area (Å²) in [5, 5.41) is 8.39. The Hall–Kier alpha value is -1.19. The minimum Gasteiger partial charge on any atom is -0.467 e. The lowest BCUT2D eigenvalue weighted by Crippen LogP contribution is -2.23. The zero-order valence-electron chi connectivity index (χ0n) is 5.40. The zero-order chi connectivity index (χ0) is 7.98. The molecular formula is C5H7NO4. The predicted molar refractivity (Wildman–Crippen MR) is 31.0 cm³/mol. The molecule has 0 heterocycles. The van der Waals surface area contributed by atoms with E-state index in [0.717, 1.165) is 13.2 Å². The van der Waals surface area contributed by atoms with Crippen molar-refractivity contribution in [3.05, 3.63) is 0 Å². The third kappa shape index (κ3) is 2.39. The van der Waals surface area contributed by atoms with Gasteiger partial charge >= 0.3 is 5.97 Å². The molecule has 0 fully saturated rings. The van der Waals surface area contributed by atoms with Crippen molar-refractivity contribution in [1.29, 1.82) is 0 Å². The Kier molecular flexibility index (Phi) is 4.11. The highest BCUT2D eigenvalue weighted by atomic mass is 16.5. The van der Waals surface area contributed by atoms with Crippen LogP contribution in [0.5, 0.6) is 0 Å². The Morgan fingerprint density at radius 3 is 2.80 bits per heavy atom. The molecule has 0 saturated carbocycles. The lowest BCUT2D eigenvalue weighted by molar-refractivity contribution is -0.142. The highest BCUT2D eigenvalue weighted by Crippen LogP contribution is 1.90. The molecule has 0 aromatic heterocycles. The first kappa shape index (κ1) is 8.81. The van der Waals surface area contributed by atoms with E-state index in [4.69, 9.17) is 5.11 Å². The van der Waals surface area contributed by atoms with Gasteiger partial charge in [-0.15, -0.1) is 0 Å². The zero-order valence-corrected chi connectivity index (χ0v) is 5.40. The molecule has 0 bridgehead atoms. The molecule has 0 aliphatic carbocycles.